The Hall–Kier alpha value is -2.63. The molecule has 1 aromatic heterocycles. The average molecular weight is 408 g/mol. The van der Waals surface area contributed by atoms with Gasteiger partial charge < -0.3 is 9.84 Å². The monoisotopic (exact) mass is 407 g/mol. The number of hydrogen-bond acceptors (Lipinski definition) is 4. The minimum Gasteiger partial charge on any atom is -0.489 e. The fourth-order valence-electron chi connectivity index (χ4n) is 3.97. The maximum Gasteiger partial charge on any atom is 0.307 e. The summed E-state index contributed by atoms with van der Waals surface area (Å²) in [6.45, 7) is 2.04. The highest BCUT2D eigenvalue weighted by molar-refractivity contribution is 7.08. The quantitative estimate of drug-likeness (QED) is 0.584. The molecule has 0 bridgehead atoms. The summed E-state index contributed by atoms with van der Waals surface area (Å²) in [7, 11) is 0. The molecule has 29 heavy (non-hydrogen) atoms. The van der Waals surface area contributed by atoms with E-state index >= 15 is 0 Å². The van der Waals surface area contributed by atoms with E-state index in [-0.39, 0.29) is 12.0 Å². The molecule has 0 spiro atoms. The summed E-state index contributed by atoms with van der Waals surface area (Å²) in [4.78, 5) is 13.8. The molecule has 3 aromatic rings. The van der Waals surface area contributed by atoms with E-state index in [1.807, 2.05) is 30.3 Å². The number of carboxylic acid groups (broad SMARTS) is 1. The van der Waals surface area contributed by atoms with Crippen molar-refractivity contribution in [2.45, 2.75) is 25.5 Å². The molecular formula is C24H25NO3S. The number of ether oxygens (including phenoxy) is 1. The van der Waals surface area contributed by atoms with Crippen LogP contribution in [0.15, 0.2) is 71.4 Å². The standard InChI is InChI=1S/C24H25NO3S/c26-24(27)20-7-4-13-25(15-20)23(21-12-14-29-17-21)19-8-10-22(11-9-19)28-16-18-5-2-1-3-6-18/h1-3,5-6,8-12,14,17,20,23H,4,7,13,15-16H2,(H,26,27). The van der Waals surface area contributed by atoms with Crippen molar-refractivity contribution in [3.63, 3.8) is 0 Å². The Labute approximate surface area is 175 Å². The second kappa shape index (κ2) is 9.25. The van der Waals surface area contributed by atoms with Gasteiger partial charge in [0, 0.05) is 6.54 Å². The second-order valence-electron chi connectivity index (χ2n) is 7.47. The van der Waals surface area contributed by atoms with E-state index < -0.39 is 5.97 Å². The van der Waals surface area contributed by atoms with Gasteiger partial charge in [0.1, 0.15) is 12.4 Å². The summed E-state index contributed by atoms with van der Waals surface area (Å²) in [6, 6.07) is 20.6. The predicted octanol–water partition coefficient (Wildman–Crippen LogP) is 5.21. The number of thiophene rings is 1. The second-order valence-corrected chi connectivity index (χ2v) is 8.25. The molecule has 2 unspecified atom stereocenters. The zero-order valence-electron chi connectivity index (χ0n) is 16.2. The lowest BCUT2D eigenvalue weighted by atomic mass is 9.92. The first-order chi connectivity index (χ1) is 14.2. The number of rotatable bonds is 7. The first-order valence-corrected chi connectivity index (χ1v) is 10.9. The predicted molar refractivity (Wildman–Crippen MR) is 115 cm³/mol. The molecule has 150 valence electrons. The molecule has 5 heteroatoms. The highest BCUT2D eigenvalue weighted by Gasteiger charge is 2.31. The van der Waals surface area contributed by atoms with Crippen molar-refractivity contribution >= 4 is 17.3 Å². The van der Waals surface area contributed by atoms with E-state index in [1.54, 1.807) is 11.3 Å². The molecule has 2 atom stereocenters. The summed E-state index contributed by atoms with van der Waals surface area (Å²) in [5, 5.41) is 13.7. The van der Waals surface area contributed by atoms with Gasteiger partial charge in [0.05, 0.1) is 12.0 Å². The van der Waals surface area contributed by atoms with Crippen LogP contribution in [0.2, 0.25) is 0 Å². The summed E-state index contributed by atoms with van der Waals surface area (Å²) in [6.07, 6.45) is 1.67. The van der Waals surface area contributed by atoms with Gasteiger partial charge in [-0.3, -0.25) is 9.69 Å². The fourth-order valence-corrected chi connectivity index (χ4v) is 4.65. The molecule has 1 aliphatic rings. The van der Waals surface area contributed by atoms with Crippen molar-refractivity contribution in [1.29, 1.82) is 0 Å². The SMILES string of the molecule is O=C(O)C1CCCN(C(c2ccc(OCc3ccccc3)cc2)c2ccsc2)C1. The molecule has 1 N–H and O–H groups in total. The lowest BCUT2D eigenvalue weighted by molar-refractivity contribution is -0.143. The van der Waals surface area contributed by atoms with E-state index in [0.717, 1.165) is 30.7 Å². The van der Waals surface area contributed by atoms with E-state index in [9.17, 15) is 9.90 Å². The number of carbonyl (C=O) groups is 1. The molecule has 2 aromatic carbocycles. The van der Waals surface area contributed by atoms with Crippen LogP contribution in [-0.4, -0.2) is 29.1 Å². The van der Waals surface area contributed by atoms with Gasteiger partial charge in [-0.1, -0.05) is 42.5 Å². The molecule has 4 rings (SSSR count). The van der Waals surface area contributed by atoms with Gasteiger partial charge in [-0.2, -0.15) is 11.3 Å². The highest BCUT2D eigenvalue weighted by atomic mass is 32.1. The van der Waals surface area contributed by atoms with Crippen molar-refractivity contribution in [1.82, 2.24) is 4.90 Å². The maximum atomic E-state index is 11.5. The zero-order valence-corrected chi connectivity index (χ0v) is 17.1. The molecule has 4 nitrogen and oxygen atoms in total. The largest absolute Gasteiger partial charge is 0.489 e. The first-order valence-electron chi connectivity index (χ1n) is 9.96. The molecule has 0 aliphatic carbocycles. The van der Waals surface area contributed by atoms with Gasteiger partial charge >= 0.3 is 5.97 Å². The van der Waals surface area contributed by atoms with E-state index in [1.165, 1.54) is 11.1 Å². The van der Waals surface area contributed by atoms with Crippen LogP contribution in [0, 0.1) is 5.92 Å². The third kappa shape index (κ3) is 4.86. The van der Waals surface area contributed by atoms with Crippen LogP contribution in [0.5, 0.6) is 5.75 Å². The molecule has 0 amide bonds. The van der Waals surface area contributed by atoms with Crippen LogP contribution in [-0.2, 0) is 11.4 Å². The van der Waals surface area contributed by atoms with Crippen molar-refractivity contribution in [3.05, 3.63) is 88.1 Å². The summed E-state index contributed by atoms with van der Waals surface area (Å²) >= 11 is 1.67. The Bertz CT molecular complexity index is 909. The van der Waals surface area contributed by atoms with Gasteiger partial charge in [-0.15, -0.1) is 0 Å². The number of carboxylic acids is 1. The summed E-state index contributed by atoms with van der Waals surface area (Å²) in [5.41, 5.74) is 3.53. The number of piperidine rings is 1. The summed E-state index contributed by atoms with van der Waals surface area (Å²) in [5.74, 6) is -0.148. The Morgan fingerprint density at radius 3 is 2.59 bits per heavy atom. The van der Waals surface area contributed by atoms with Crippen LogP contribution in [0.1, 0.15) is 35.6 Å². The number of nitrogens with zero attached hydrogens (tertiary/aromatic N) is 1. The summed E-state index contributed by atoms with van der Waals surface area (Å²) < 4.78 is 5.92. The normalized spacial score (nSPS) is 18.3. The average Bonchev–Trinajstić information content (AvgIpc) is 3.29. The Kier molecular flexibility index (Phi) is 6.27. The molecule has 2 heterocycles. The van der Waals surface area contributed by atoms with E-state index in [4.69, 9.17) is 4.74 Å². The number of aliphatic carboxylic acids is 1. The third-order valence-corrected chi connectivity index (χ3v) is 6.17. The van der Waals surface area contributed by atoms with Gasteiger partial charge in [-0.05, 0) is 65.0 Å². The van der Waals surface area contributed by atoms with Gasteiger partial charge in [-0.25, -0.2) is 0 Å². The van der Waals surface area contributed by atoms with Crippen LogP contribution in [0.4, 0.5) is 0 Å². The number of likely N-dealkylation sites (tertiary alicyclic amines) is 1. The van der Waals surface area contributed by atoms with Gasteiger partial charge in [0.15, 0.2) is 0 Å². The zero-order chi connectivity index (χ0) is 20.1. The lowest BCUT2D eigenvalue weighted by Gasteiger charge is -2.37. The molecule has 1 saturated heterocycles. The van der Waals surface area contributed by atoms with E-state index in [2.05, 4.69) is 46.0 Å². The van der Waals surface area contributed by atoms with Crippen molar-refractivity contribution < 1.29 is 14.6 Å². The lowest BCUT2D eigenvalue weighted by Crippen LogP contribution is -2.41. The van der Waals surface area contributed by atoms with Crippen molar-refractivity contribution in [2.75, 3.05) is 13.1 Å². The number of hydrogen-bond donors (Lipinski definition) is 1. The topological polar surface area (TPSA) is 49.8 Å². The molecule has 1 fully saturated rings. The highest BCUT2D eigenvalue weighted by Crippen LogP contribution is 2.34. The first kappa shape index (κ1) is 19.7. The smallest absolute Gasteiger partial charge is 0.307 e. The minimum atomic E-state index is -0.691. The van der Waals surface area contributed by atoms with E-state index in [0.29, 0.717) is 13.2 Å². The van der Waals surface area contributed by atoms with Crippen LogP contribution in [0.25, 0.3) is 0 Å². The van der Waals surface area contributed by atoms with Gasteiger partial charge in [0.25, 0.3) is 0 Å². The molecule has 0 radical (unpaired) electrons. The third-order valence-electron chi connectivity index (χ3n) is 5.47. The van der Waals surface area contributed by atoms with Crippen molar-refractivity contribution in [2.24, 2.45) is 5.92 Å². The maximum absolute atomic E-state index is 11.5. The fraction of sp³-hybridized carbons (Fsp3) is 0.292. The van der Waals surface area contributed by atoms with Crippen molar-refractivity contribution in [3.8, 4) is 5.75 Å². The Balaban J connectivity index is 1.51. The molecule has 1 aliphatic heterocycles. The number of benzene rings is 2. The van der Waals surface area contributed by atoms with Crippen LogP contribution >= 0.6 is 11.3 Å². The Morgan fingerprint density at radius 1 is 1.10 bits per heavy atom. The van der Waals surface area contributed by atoms with Crippen LogP contribution in [0.3, 0.4) is 0 Å². The molecular weight excluding hydrogens is 382 g/mol. The minimum absolute atomic E-state index is 0.0755. The van der Waals surface area contributed by atoms with Crippen LogP contribution < -0.4 is 4.74 Å². The van der Waals surface area contributed by atoms with Gasteiger partial charge in [0.2, 0.25) is 0 Å². The molecule has 0 saturated carbocycles. The Morgan fingerprint density at radius 2 is 1.90 bits per heavy atom.